The minimum absolute atomic E-state index is 0.370. The third kappa shape index (κ3) is 1.11. The molecule has 11 heavy (non-hydrogen) atoms. The first-order valence-electron chi connectivity index (χ1n) is 3.83. The third-order valence-electron chi connectivity index (χ3n) is 2.02. The fourth-order valence-corrected chi connectivity index (χ4v) is 1.44. The molecule has 1 aliphatic heterocycles. The molecule has 0 unspecified atom stereocenters. The molecule has 1 atom stereocenters. The van der Waals surface area contributed by atoms with Gasteiger partial charge in [0, 0.05) is 7.05 Å². The second-order valence-corrected chi connectivity index (χ2v) is 2.81. The molecule has 0 saturated carbocycles. The van der Waals surface area contributed by atoms with Crippen LogP contribution in [0.25, 0.3) is 0 Å². The number of hydrogen-bond acceptors (Lipinski definition) is 4. The number of rotatable bonds is 1. The van der Waals surface area contributed by atoms with Crippen molar-refractivity contribution in [3.8, 4) is 0 Å². The lowest BCUT2D eigenvalue weighted by Gasteiger charge is -2.05. The molecular formula is C6H11N5. The summed E-state index contributed by atoms with van der Waals surface area (Å²) in [4.78, 5) is 0. The Morgan fingerprint density at radius 2 is 2.55 bits per heavy atom. The van der Waals surface area contributed by atoms with Crippen molar-refractivity contribution >= 4 is 0 Å². The number of nitrogens with one attached hydrogen (secondary N) is 1. The average molecular weight is 153 g/mol. The van der Waals surface area contributed by atoms with E-state index in [-0.39, 0.29) is 0 Å². The van der Waals surface area contributed by atoms with Crippen molar-refractivity contribution < 1.29 is 0 Å². The first-order valence-corrected chi connectivity index (χ1v) is 3.83. The highest BCUT2D eigenvalue weighted by Crippen LogP contribution is 2.19. The Balaban J connectivity index is 2.21. The Morgan fingerprint density at radius 3 is 3.09 bits per heavy atom. The van der Waals surface area contributed by atoms with Crippen LogP contribution in [0, 0.1) is 0 Å². The van der Waals surface area contributed by atoms with E-state index in [2.05, 4.69) is 20.8 Å². The molecule has 60 valence electrons. The molecule has 2 rings (SSSR count). The number of hydrogen-bond donors (Lipinski definition) is 1. The number of nitrogens with zero attached hydrogens (tertiary/aromatic N) is 4. The van der Waals surface area contributed by atoms with Crippen LogP contribution in [0.4, 0.5) is 0 Å². The SMILES string of the molecule is Cn1nnnc1[C@@H]1CCCN1. The zero-order valence-corrected chi connectivity index (χ0v) is 6.49. The quantitative estimate of drug-likeness (QED) is 0.598. The summed E-state index contributed by atoms with van der Waals surface area (Å²) in [5, 5.41) is 14.6. The van der Waals surface area contributed by atoms with E-state index >= 15 is 0 Å². The van der Waals surface area contributed by atoms with E-state index in [4.69, 9.17) is 0 Å². The second-order valence-electron chi connectivity index (χ2n) is 2.81. The molecule has 0 aromatic carbocycles. The van der Waals surface area contributed by atoms with Crippen LogP contribution in [0.3, 0.4) is 0 Å². The van der Waals surface area contributed by atoms with Gasteiger partial charge in [0.05, 0.1) is 6.04 Å². The van der Waals surface area contributed by atoms with Crippen LogP contribution in [-0.2, 0) is 7.05 Å². The van der Waals surface area contributed by atoms with Crippen LogP contribution in [-0.4, -0.2) is 26.8 Å². The summed E-state index contributed by atoms with van der Waals surface area (Å²) in [7, 11) is 1.87. The largest absolute Gasteiger partial charge is 0.307 e. The molecule has 1 aromatic heterocycles. The Hall–Kier alpha value is -0.970. The fourth-order valence-electron chi connectivity index (χ4n) is 1.44. The van der Waals surface area contributed by atoms with Gasteiger partial charge >= 0.3 is 0 Å². The van der Waals surface area contributed by atoms with Gasteiger partial charge in [-0.1, -0.05) is 0 Å². The highest BCUT2D eigenvalue weighted by Gasteiger charge is 2.20. The van der Waals surface area contributed by atoms with Crippen molar-refractivity contribution in [3.05, 3.63) is 5.82 Å². The summed E-state index contributed by atoms with van der Waals surface area (Å²) in [5.74, 6) is 0.947. The van der Waals surface area contributed by atoms with Gasteiger partial charge in [-0.2, -0.15) is 0 Å². The maximum Gasteiger partial charge on any atom is 0.167 e. The van der Waals surface area contributed by atoms with Gasteiger partial charge in [-0.25, -0.2) is 4.68 Å². The van der Waals surface area contributed by atoms with Crippen LogP contribution in [0.2, 0.25) is 0 Å². The topological polar surface area (TPSA) is 55.6 Å². The molecular weight excluding hydrogens is 142 g/mol. The third-order valence-corrected chi connectivity index (χ3v) is 2.02. The molecule has 1 fully saturated rings. The van der Waals surface area contributed by atoms with Crippen molar-refractivity contribution in [3.63, 3.8) is 0 Å². The van der Waals surface area contributed by atoms with E-state index in [0.717, 1.165) is 18.8 Å². The fraction of sp³-hybridized carbons (Fsp3) is 0.833. The van der Waals surface area contributed by atoms with Gasteiger partial charge in [0.15, 0.2) is 5.82 Å². The number of tetrazole rings is 1. The minimum Gasteiger partial charge on any atom is -0.307 e. The van der Waals surface area contributed by atoms with E-state index in [1.165, 1.54) is 6.42 Å². The zero-order valence-electron chi connectivity index (χ0n) is 6.49. The standard InChI is InChI=1S/C6H11N5/c1-11-6(8-9-10-11)5-3-2-4-7-5/h5,7H,2-4H2,1H3/t5-/m0/s1. The summed E-state index contributed by atoms with van der Waals surface area (Å²) in [6, 6.07) is 0.370. The minimum atomic E-state index is 0.370. The van der Waals surface area contributed by atoms with Gasteiger partial charge in [-0.15, -0.1) is 5.10 Å². The summed E-state index contributed by atoms with van der Waals surface area (Å²) in [6.45, 7) is 1.08. The van der Waals surface area contributed by atoms with E-state index in [1.54, 1.807) is 4.68 Å². The van der Waals surface area contributed by atoms with Crippen LogP contribution in [0.5, 0.6) is 0 Å². The van der Waals surface area contributed by atoms with E-state index in [1.807, 2.05) is 7.05 Å². The van der Waals surface area contributed by atoms with Gasteiger partial charge < -0.3 is 5.32 Å². The lowest BCUT2D eigenvalue weighted by Crippen LogP contribution is -2.17. The van der Waals surface area contributed by atoms with Crippen molar-refractivity contribution in [1.29, 1.82) is 0 Å². The molecule has 0 aliphatic carbocycles. The monoisotopic (exact) mass is 153 g/mol. The molecule has 0 amide bonds. The highest BCUT2D eigenvalue weighted by molar-refractivity contribution is 4.93. The van der Waals surface area contributed by atoms with Gasteiger partial charge in [0.1, 0.15) is 0 Å². The van der Waals surface area contributed by atoms with Crippen molar-refractivity contribution in [2.75, 3.05) is 6.54 Å². The van der Waals surface area contributed by atoms with Crippen LogP contribution in [0.15, 0.2) is 0 Å². The van der Waals surface area contributed by atoms with Crippen LogP contribution >= 0.6 is 0 Å². The predicted molar refractivity (Wildman–Crippen MR) is 38.8 cm³/mol. The number of aromatic nitrogens is 4. The maximum atomic E-state index is 3.94. The molecule has 5 nitrogen and oxygen atoms in total. The molecule has 2 heterocycles. The first-order chi connectivity index (χ1) is 5.38. The zero-order chi connectivity index (χ0) is 7.68. The Bertz CT molecular complexity index is 237. The molecule has 1 saturated heterocycles. The van der Waals surface area contributed by atoms with Crippen LogP contribution < -0.4 is 5.32 Å². The molecule has 0 bridgehead atoms. The molecule has 0 spiro atoms. The molecule has 1 aliphatic rings. The summed E-state index contributed by atoms with van der Waals surface area (Å²) >= 11 is 0. The van der Waals surface area contributed by atoms with Gasteiger partial charge in [0.25, 0.3) is 0 Å². The first kappa shape index (κ1) is 6.72. The molecule has 5 heteroatoms. The normalized spacial score (nSPS) is 24.3. The van der Waals surface area contributed by atoms with Gasteiger partial charge in [-0.3, -0.25) is 0 Å². The summed E-state index contributed by atoms with van der Waals surface area (Å²) in [5.41, 5.74) is 0. The van der Waals surface area contributed by atoms with Crippen molar-refractivity contribution in [2.45, 2.75) is 18.9 Å². The van der Waals surface area contributed by atoms with Gasteiger partial charge in [0.2, 0.25) is 0 Å². The Morgan fingerprint density at radius 1 is 1.64 bits per heavy atom. The molecule has 0 radical (unpaired) electrons. The van der Waals surface area contributed by atoms with E-state index in [0.29, 0.717) is 6.04 Å². The number of aryl methyl sites for hydroxylation is 1. The molecule has 1 N–H and O–H groups in total. The maximum absolute atomic E-state index is 3.94. The lowest BCUT2D eigenvalue weighted by molar-refractivity contribution is 0.558. The predicted octanol–water partition coefficient (Wildman–Crippen LogP) is -0.365. The molecule has 1 aromatic rings. The Kier molecular flexibility index (Phi) is 1.58. The lowest BCUT2D eigenvalue weighted by atomic mass is 10.2. The van der Waals surface area contributed by atoms with Gasteiger partial charge in [-0.05, 0) is 29.8 Å². The smallest absolute Gasteiger partial charge is 0.167 e. The van der Waals surface area contributed by atoms with Crippen LogP contribution in [0.1, 0.15) is 24.7 Å². The van der Waals surface area contributed by atoms with E-state index in [9.17, 15) is 0 Å². The summed E-state index contributed by atoms with van der Waals surface area (Å²) in [6.07, 6.45) is 2.37. The van der Waals surface area contributed by atoms with Crippen molar-refractivity contribution in [2.24, 2.45) is 7.05 Å². The average Bonchev–Trinajstić information content (AvgIpc) is 2.55. The Labute approximate surface area is 64.8 Å². The van der Waals surface area contributed by atoms with E-state index < -0.39 is 0 Å². The van der Waals surface area contributed by atoms with Crippen molar-refractivity contribution in [1.82, 2.24) is 25.5 Å². The second kappa shape index (κ2) is 2.58. The summed E-state index contributed by atoms with van der Waals surface area (Å²) < 4.78 is 1.73. The highest BCUT2D eigenvalue weighted by atomic mass is 15.5.